The lowest BCUT2D eigenvalue weighted by molar-refractivity contribution is 0.0734. The van der Waals surface area contributed by atoms with E-state index in [2.05, 4.69) is 5.16 Å². The number of amides is 1. The van der Waals surface area contributed by atoms with Crippen LogP contribution >= 0.6 is 11.6 Å². The van der Waals surface area contributed by atoms with E-state index in [4.69, 9.17) is 22.5 Å². The molecule has 0 saturated carbocycles. The van der Waals surface area contributed by atoms with Gasteiger partial charge in [-0.1, -0.05) is 16.8 Å². The van der Waals surface area contributed by atoms with E-state index in [9.17, 15) is 9.18 Å². The van der Waals surface area contributed by atoms with Crippen molar-refractivity contribution in [1.82, 2.24) is 4.90 Å². The molecule has 0 radical (unpaired) electrons. The maximum Gasteiger partial charge on any atom is 0.254 e. The minimum atomic E-state index is -0.592. The van der Waals surface area contributed by atoms with E-state index in [0.29, 0.717) is 0 Å². The van der Waals surface area contributed by atoms with Gasteiger partial charge >= 0.3 is 0 Å². The maximum absolute atomic E-state index is 13.1. The largest absolute Gasteiger partial charge is 0.409 e. The average Bonchev–Trinajstić information content (AvgIpc) is 2.37. The van der Waals surface area contributed by atoms with Crippen molar-refractivity contribution < 1.29 is 14.4 Å². The van der Waals surface area contributed by atoms with Gasteiger partial charge in [-0.15, -0.1) is 0 Å². The fourth-order valence-electron chi connectivity index (χ4n) is 1.49. The van der Waals surface area contributed by atoms with Crippen molar-refractivity contribution >= 4 is 23.3 Å². The second-order valence-corrected chi connectivity index (χ2v) is 4.65. The summed E-state index contributed by atoms with van der Waals surface area (Å²) < 4.78 is 13.1. The van der Waals surface area contributed by atoms with Gasteiger partial charge in [0.25, 0.3) is 5.91 Å². The van der Waals surface area contributed by atoms with E-state index < -0.39 is 5.82 Å². The quantitative estimate of drug-likeness (QED) is 0.385. The number of nitrogens with zero attached hydrogens (tertiary/aromatic N) is 2. The molecule has 104 valence electrons. The van der Waals surface area contributed by atoms with Crippen LogP contribution in [0.2, 0.25) is 5.02 Å². The third kappa shape index (κ3) is 3.82. The molecule has 0 aliphatic rings. The number of amidine groups is 1. The van der Waals surface area contributed by atoms with E-state index in [1.54, 1.807) is 13.8 Å². The molecule has 5 nitrogen and oxygen atoms in total. The van der Waals surface area contributed by atoms with Gasteiger partial charge in [0.2, 0.25) is 0 Å². The summed E-state index contributed by atoms with van der Waals surface area (Å²) in [7, 11) is 0. The molecule has 3 N–H and O–H groups in total. The first-order chi connectivity index (χ1) is 8.86. The van der Waals surface area contributed by atoms with Crippen LogP contribution in [0.1, 0.15) is 24.2 Å². The van der Waals surface area contributed by atoms with E-state index in [1.807, 2.05) is 0 Å². The summed E-state index contributed by atoms with van der Waals surface area (Å²) in [6, 6.07) is 3.54. The molecule has 0 atom stereocenters. The van der Waals surface area contributed by atoms with Gasteiger partial charge in [-0.3, -0.25) is 4.79 Å². The third-order valence-electron chi connectivity index (χ3n) is 2.51. The SMILES string of the molecule is CC(C)N(C/C(N)=N/O)C(=O)c1ccc(F)c(Cl)c1. The molecule has 0 aliphatic carbocycles. The molecular weight excluding hydrogens is 273 g/mol. The second kappa shape index (κ2) is 6.38. The van der Waals surface area contributed by atoms with Crippen LogP contribution in [0.25, 0.3) is 0 Å². The first-order valence-electron chi connectivity index (χ1n) is 5.59. The van der Waals surface area contributed by atoms with Crippen LogP contribution in [-0.2, 0) is 0 Å². The Hall–Kier alpha value is -1.82. The second-order valence-electron chi connectivity index (χ2n) is 4.25. The summed E-state index contributed by atoms with van der Waals surface area (Å²) in [5.41, 5.74) is 5.64. The minimum absolute atomic E-state index is 0.0258. The Labute approximate surface area is 115 Å². The van der Waals surface area contributed by atoms with Crippen molar-refractivity contribution in [3.05, 3.63) is 34.6 Å². The van der Waals surface area contributed by atoms with E-state index in [1.165, 1.54) is 17.0 Å². The Morgan fingerprint density at radius 2 is 2.21 bits per heavy atom. The fourth-order valence-corrected chi connectivity index (χ4v) is 1.67. The summed E-state index contributed by atoms with van der Waals surface area (Å²) in [6.45, 7) is 3.55. The van der Waals surface area contributed by atoms with Crippen molar-refractivity contribution in [3.8, 4) is 0 Å². The van der Waals surface area contributed by atoms with Crippen molar-refractivity contribution in [2.45, 2.75) is 19.9 Å². The van der Waals surface area contributed by atoms with Gasteiger partial charge in [-0.25, -0.2) is 4.39 Å². The van der Waals surface area contributed by atoms with Gasteiger partial charge < -0.3 is 15.8 Å². The van der Waals surface area contributed by atoms with Crippen LogP contribution < -0.4 is 5.73 Å². The van der Waals surface area contributed by atoms with Crippen LogP contribution in [0.5, 0.6) is 0 Å². The van der Waals surface area contributed by atoms with Gasteiger partial charge in [0.15, 0.2) is 5.84 Å². The molecule has 0 aliphatic heterocycles. The van der Waals surface area contributed by atoms with Crippen LogP contribution in [-0.4, -0.2) is 34.4 Å². The highest BCUT2D eigenvalue weighted by molar-refractivity contribution is 6.31. The zero-order valence-corrected chi connectivity index (χ0v) is 11.4. The smallest absolute Gasteiger partial charge is 0.254 e. The number of halogens is 2. The predicted octanol–water partition coefficient (Wildman–Crippen LogP) is 2.08. The molecule has 0 saturated heterocycles. The third-order valence-corrected chi connectivity index (χ3v) is 2.80. The highest BCUT2D eigenvalue weighted by atomic mass is 35.5. The molecule has 1 rings (SSSR count). The lowest BCUT2D eigenvalue weighted by Crippen LogP contribution is -2.42. The number of carbonyl (C=O) groups excluding carboxylic acids is 1. The van der Waals surface area contributed by atoms with Gasteiger partial charge in [0, 0.05) is 11.6 Å². The lowest BCUT2D eigenvalue weighted by Gasteiger charge is -2.26. The number of nitrogens with two attached hydrogens (primary N) is 1. The summed E-state index contributed by atoms with van der Waals surface area (Å²) >= 11 is 5.64. The zero-order chi connectivity index (χ0) is 14.6. The molecule has 7 heteroatoms. The Kier molecular flexibility index (Phi) is 5.11. The monoisotopic (exact) mass is 287 g/mol. The summed E-state index contributed by atoms with van der Waals surface area (Å²) in [5, 5.41) is 11.3. The molecule has 1 amide bonds. The fraction of sp³-hybridized carbons (Fsp3) is 0.333. The standard InChI is InChI=1S/C12H15ClFN3O2/c1-7(2)17(6-11(15)16-19)12(18)8-3-4-10(14)9(13)5-8/h3-5,7,19H,6H2,1-2H3,(H2,15,16). The van der Waals surface area contributed by atoms with E-state index in [-0.39, 0.29) is 34.9 Å². The van der Waals surface area contributed by atoms with Crippen LogP contribution in [0.3, 0.4) is 0 Å². The summed E-state index contributed by atoms with van der Waals surface area (Å²) in [4.78, 5) is 13.6. The Bertz CT molecular complexity index is 506. The first-order valence-corrected chi connectivity index (χ1v) is 5.97. The summed E-state index contributed by atoms with van der Waals surface area (Å²) in [5.74, 6) is -1.05. The van der Waals surface area contributed by atoms with E-state index in [0.717, 1.165) is 6.07 Å². The Balaban J connectivity index is 3.02. The number of benzene rings is 1. The molecule has 1 aromatic rings. The van der Waals surface area contributed by atoms with Crippen LogP contribution in [0.4, 0.5) is 4.39 Å². The Morgan fingerprint density at radius 3 is 2.68 bits per heavy atom. The van der Waals surface area contributed by atoms with Gasteiger partial charge in [-0.05, 0) is 32.0 Å². The van der Waals surface area contributed by atoms with Crippen LogP contribution in [0.15, 0.2) is 23.4 Å². The number of rotatable bonds is 4. The first kappa shape index (κ1) is 15.2. The lowest BCUT2D eigenvalue weighted by atomic mass is 10.1. The highest BCUT2D eigenvalue weighted by Gasteiger charge is 2.20. The maximum atomic E-state index is 13.1. The number of hydrogen-bond donors (Lipinski definition) is 2. The molecule has 0 spiro atoms. The van der Waals surface area contributed by atoms with Crippen molar-refractivity contribution in [3.63, 3.8) is 0 Å². The molecular formula is C12H15ClFN3O2. The molecule has 0 fully saturated rings. The minimum Gasteiger partial charge on any atom is -0.409 e. The van der Waals surface area contributed by atoms with Crippen molar-refractivity contribution in [2.75, 3.05) is 6.54 Å². The average molecular weight is 288 g/mol. The van der Waals surface area contributed by atoms with Crippen LogP contribution in [0, 0.1) is 5.82 Å². The molecule has 19 heavy (non-hydrogen) atoms. The van der Waals surface area contributed by atoms with Gasteiger partial charge in [0.1, 0.15) is 5.82 Å². The van der Waals surface area contributed by atoms with Gasteiger partial charge in [0.05, 0.1) is 11.6 Å². The van der Waals surface area contributed by atoms with Crippen molar-refractivity contribution in [2.24, 2.45) is 10.9 Å². The number of hydrogen-bond acceptors (Lipinski definition) is 3. The summed E-state index contributed by atoms with van der Waals surface area (Å²) in [6.07, 6.45) is 0. The molecule has 1 aromatic carbocycles. The predicted molar refractivity (Wildman–Crippen MR) is 71.0 cm³/mol. The zero-order valence-electron chi connectivity index (χ0n) is 10.6. The molecule has 0 bridgehead atoms. The number of carbonyl (C=O) groups is 1. The topological polar surface area (TPSA) is 78.9 Å². The molecule has 0 aromatic heterocycles. The normalized spacial score (nSPS) is 11.7. The van der Waals surface area contributed by atoms with E-state index >= 15 is 0 Å². The molecule has 0 heterocycles. The number of oxime groups is 1. The van der Waals surface area contributed by atoms with Gasteiger partial charge in [-0.2, -0.15) is 0 Å². The highest BCUT2D eigenvalue weighted by Crippen LogP contribution is 2.18. The Morgan fingerprint density at radius 1 is 1.58 bits per heavy atom. The molecule has 0 unspecified atom stereocenters. The van der Waals surface area contributed by atoms with Crippen molar-refractivity contribution in [1.29, 1.82) is 0 Å².